The maximum absolute atomic E-state index is 13.1. The van der Waals surface area contributed by atoms with E-state index in [1.807, 2.05) is 0 Å². The highest BCUT2D eigenvalue weighted by atomic mass is 35.5. The summed E-state index contributed by atoms with van der Waals surface area (Å²) in [5.74, 6) is -0.317. The third-order valence-electron chi connectivity index (χ3n) is 4.92. The van der Waals surface area contributed by atoms with Crippen LogP contribution in [0.3, 0.4) is 0 Å². The average molecular weight is 283 g/mol. The summed E-state index contributed by atoms with van der Waals surface area (Å²) in [7, 11) is 0. The van der Waals surface area contributed by atoms with Crippen molar-refractivity contribution in [2.45, 2.75) is 32.1 Å². The van der Waals surface area contributed by atoms with Gasteiger partial charge in [-0.05, 0) is 55.2 Å². The minimum absolute atomic E-state index is 0.246. The number of fused-ring (bicyclic) bond motifs is 2. The van der Waals surface area contributed by atoms with Gasteiger partial charge in [0.1, 0.15) is 5.82 Å². The van der Waals surface area contributed by atoms with Gasteiger partial charge in [0.2, 0.25) is 0 Å². The van der Waals surface area contributed by atoms with Crippen LogP contribution in [-0.4, -0.2) is 11.1 Å². The van der Waals surface area contributed by atoms with Crippen LogP contribution < -0.4 is 0 Å². The summed E-state index contributed by atoms with van der Waals surface area (Å²) in [4.78, 5) is 11.8. The van der Waals surface area contributed by atoms with E-state index >= 15 is 0 Å². The van der Waals surface area contributed by atoms with Crippen LogP contribution in [0.15, 0.2) is 18.2 Å². The Hall–Kier alpha value is -1.09. The first-order chi connectivity index (χ1) is 9.01. The Labute approximate surface area is 116 Å². The van der Waals surface area contributed by atoms with Gasteiger partial charge in [-0.1, -0.05) is 24.1 Å². The third-order valence-corrected chi connectivity index (χ3v) is 5.27. The second kappa shape index (κ2) is 4.48. The zero-order valence-electron chi connectivity index (χ0n) is 10.5. The van der Waals surface area contributed by atoms with Gasteiger partial charge in [0.25, 0.3) is 0 Å². The summed E-state index contributed by atoms with van der Waals surface area (Å²) in [6, 6.07) is 4.23. The van der Waals surface area contributed by atoms with Crippen LogP contribution in [0.2, 0.25) is 5.02 Å². The van der Waals surface area contributed by atoms with Gasteiger partial charge in [0.15, 0.2) is 0 Å². The molecule has 3 unspecified atom stereocenters. The van der Waals surface area contributed by atoms with E-state index < -0.39 is 11.4 Å². The van der Waals surface area contributed by atoms with Gasteiger partial charge in [-0.3, -0.25) is 4.79 Å². The largest absolute Gasteiger partial charge is 0.481 e. The van der Waals surface area contributed by atoms with Crippen LogP contribution >= 0.6 is 11.6 Å². The van der Waals surface area contributed by atoms with Crippen LogP contribution in [0.4, 0.5) is 4.39 Å². The normalized spacial score (nSPS) is 32.7. The van der Waals surface area contributed by atoms with Gasteiger partial charge >= 0.3 is 5.97 Å². The van der Waals surface area contributed by atoms with Crippen LogP contribution in [0.5, 0.6) is 0 Å². The van der Waals surface area contributed by atoms with Crippen LogP contribution in [-0.2, 0) is 11.2 Å². The van der Waals surface area contributed by atoms with E-state index in [4.69, 9.17) is 11.6 Å². The number of carboxylic acid groups (broad SMARTS) is 1. The van der Waals surface area contributed by atoms with Gasteiger partial charge in [0, 0.05) is 5.02 Å². The lowest BCUT2D eigenvalue weighted by Gasteiger charge is -2.34. The fourth-order valence-corrected chi connectivity index (χ4v) is 4.24. The molecule has 2 saturated carbocycles. The van der Waals surface area contributed by atoms with Crippen LogP contribution in [0, 0.1) is 23.1 Å². The molecule has 102 valence electrons. The Balaban J connectivity index is 1.93. The SMILES string of the molecule is O=C(O)C1(Cc2ccc(F)cc2Cl)CC2CCC1C2. The Morgan fingerprint density at radius 1 is 1.47 bits per heavy atom. The number of hydrogen-bond donors (Lipinski definition) is 1. The fourth-order valence-electron chi connectivity index (χ4n) is 4.00. The lowest BCUT2D eigenvalue weighted by molar-refractivity contribution is -0.152. The second-order valence-electron chi connectivity index (χ2n) is 5.95. The zero-order chi connectivity index (χ0) is 13.6. The molecule has 3 rings (SSSR count). The zero-order valence-corrected chi connectivity index (χ0v) is 11.3. The van der Waals surface area contributed by atoms with Crippen LogP contribution in [0.25, 0.3) is 0 Å². The molecule has 1 N–H and O–H groups in total. The number of carbonyl (C=O) groups is 1. The highest BCUT2D eigenvalue weighted by Gasteiger charge is 2.55. The highest BCUT2D eigenvalue weighted by molar-refractivity contribution is 6.31. The first kappa shape index (κ1) is 12.9. The summed E-state index contributed by atoms with van der Waals surface area (Å²) >= 11 is 6.04. The maximum Gasteiger partial charge on any atom is 0.310 e. The predicted octanol–water partition coefficient (Wildman–Crippen LogP) is 3.91. The van der Waals surface area contributed by atoms with E-state index in [2.05, 4.69) is 0 Å². The minimum atomic E-state index is -0.722. The molecule has 0 saturated heterocycles. The first-order valence-corrected chi connectivity index (χ1v) is 7.06. The number of benzene rings is 1. The standard InChI is InChI=1S/C15H16ClFO2/c16-13-6-12(17)4-2-10(13)8-15(14(18)19)7-9-1-3-11(15)5-9/h2,4,6,9,11H,1,3,5,7-8H2,(H,18,19). The molecule has 2 nitrogen and oxygen atoms in total. The lowest BCUT2D eigenvalue weighted by Crippen LogP contribution is -2.38. The number of carboxylic acids is 1. The van der Waals surface area contributed by atoms with Gasteiger partial charge in [-0.15, -0.1) is 0 Å². The lowest BCUT2D eigenvalue weighted by atomic mass is 9.69. The summed E-state index contributed by atoms with van der Waals surface area (Å²) < 4.78 is 13.1. The number of aliphatic carboxylic acids is 1. The summed E-state index contributed by atoms with van der Waals surface area (Å²) in [5.41, 5.74) is 0.0581. The molecule has 0 amide bonds. The third kappa shape index (κ3) is 2.04. The van der Waals surface area contributed by atoms with E-state index in [0.717, 1.165) is 31.2 Å². The molecule has 0 aromatic heterocycles. The van der Waals surface area contributed by atoms with Gasteiger partial charge in [-0.2, -0.15) is 0 Å². The smallest absolute Gasteiger partial charge is 0.310 e. The predicted molar refractivity (Wildman–Crippen MR) is 70.6 cm³/mol. The van der Waals surface area contributed by atoms with Gasteiger partial charge in [0.05, 0.1) is 5.41 Å². The van der Waals surface area contributed by atoms with E-state index in [9.17, 15) is 14.3 Å². The molecule has 2 aliphatic carbocycles. The monoisotopic (exact) mass is 282 g/mol. The Morgan fingerprint density at radius 2 is 2.26 bits per heavy atom. The topological polar surface area (TPSA) is 37.3 Å². The molecule has 2 bridgehead atoms. The van der Waals surface area contributed by atoms with E-state index in [1.165, 1.54) is 12.1 Å². The van der Waals surface area contributed by atoms with Crippen molar-refractivity contribution in [3.05, 3.63) is 34.6 Å². The highest BCUT2D eigenvalue weighted by Crippen LogP contribution is 2.57. The number of hydrogen-bond acceptors (Lipinski definition) is 1. The van der Waals surface area contributed by atoms with Crippen molar-refractivity contribution in [2.75, 3.05) is 0 Å². The molecule has 3 atom stereocenters. The van der Waals surface area contributed by atoms with Gasteiger partial charge in [-0.25, -0.2) is 4.39 Å². The molecular weight excluding hydrogens is 267 g/mol. The summed E-state index contributed by atoms with van der Waals surface area (Å²) in [6.07, 6.45) is 4.32. The fraction of sp³-hybridized carbons (Fsp3) is 0.533. The average Bonchev–Trinajstić information content (AvgIpc) is 2.93. The molecule has 0 aliphatic heterocycles. The van der Waals surface area contributed by atoms with E-state index in [1.54, 1.807) is 6.07 Å². The van der Waals surface area contributed by atoms with Crippen molar-refractivity contribution in [2.24, 2.45) is 17.3 Å². The quantitative estimate of drug-likeness (QED) is 0.912. The van der Waals surface area contributed by atoms with Crippen molar-refractivity contribution in [3.63, 3.8) is 0 Å². The van der Waals surface area contributed by atoms with Crippen molar-refractivity contribution in [1.82, 2.24) is 0 Å². The molecule has 19 heavy (non-hydrogen) atoms. The molecule has 0 radical (unpaired) electrons. The first-order valence-electron chi connectivity index (χ1n) is 6.68. The molecule has 0 heterocycles. The molecule has 2 aliphatic rings. The van der Waals surface area contributed by atoms with Crippen molar-refractivity contribution in [3.8, 4) is 0 Å². The van der Waals surface area contributed by atoms with E-state index in [0.29, 0.717) is 17.4 Å². The minimum Gasteiger partial charge on any atom is -0.481 e. The maximum atomic E-state index is 13.1. The van der Waals surface area contributed by atoms with E-state index in [-0.39, 0.29) is 11.7 Å². The molecule has 0 spiro atoms. The Morgan fingerprint density at radius 3 is 2.79 bits per heavy atom. The number of rotatable bonds is 3. The summed E-state index contributed by atoms with van der Waals surface area (Å²) in [5, 5.41) is 10.0. The van der Waals surface area contributed by atoms with Crippen molar-refractivity contribution < 1.29 is 14.3 Å². The molecule has 1 aromatic rings. The molecular formula is C15H16ClFO2. The molecule has 2 fully saturated rings. The molecule has 4 heteroatoms. The van der Waals surface area contributed by atoms with Gasteiger partial charge < -0.3 is 5.11 Å². The number of halogens is 2. The van der Waals surface area contributed by atoms with Crippen molar-refractivity contribution in [1.29, 1.82) is 0 Å². The second-order valence-corrected chi connectivity index (χ2v) is 6.36. The van der Waals surface area contributed by atoms with Crippen molar-refractivity contribution >= 4 is 17.6 Å². The summed E-state index contributed by atoms with van der Waals surface area (Å²) in [6.45, 7) is 0. The Bertz CT molecular complexity index is 531. The van der Waals surface area contributed by atoms with Crippen LogP contribution in [0.1, 0.15) is 31.2 Å². The molecule has 1 aromatic carbocycles. The Kier molecular flexibility index (Phi) is 3.05.